The second-order valence-electron chi connectivity index (χ2n) is 41.7. The maximum Gasteiger partial charge on any atom is 0.306 e. The number of thioether (sulfide) groups is 4. The van der Waals surface area contributed by atoms with E-state index < -0.39 is 29.3 Å². The van der Waals surface area contributed by atoms with E-state index in [0.717, 1.165) is 109 Å². The summed E-state index contributed by atoms with van der Waals surface area (Å²) in [6.45, 7) is 57.4. The summed E-state index contributed by atoms with van der Waals surface area (Å²) >= 11 is 7.17. The van der Waals surface area contributed by atoms with E-state index in [-0.39, 0.29) is 123 Å². The van der Waals surface area contributed by atoms with Crippen molar-refractivity contribution >= 4 is 70.9 Å². The molecule has 0 atom stereocenters. The second kappa shape index (κ2) is 41.0. The molecule has 0 fully saturated rings. The average Bonchev–Trinajstić information content (AvgIpc) is 0.913. The number of phenolic OH excluding ortho intramolecular Hbond substituents is 3. The van der Waals surface area contributed by atoms with E-state index in [2.05, 4.69) is 265 Å². The number of carbonyl (C=O) groups is 4. The number of aliphatic carboxylic acids is 1. The molecule has 2 aliphatic rings. The zero-order chi connectivity index (χ0) is 93.3. The van der Waals surface area contributed by atoms with Crippen molar-refractivity contribution < 1.29 is 68.4 Å². The van der Waals surface area contributed by atoms with Crippen molar-refractivity contribution in [1.82, 2.24) is 0 Å². The minimum Gasteiger partial charge on any atom is -0.507 e. The summed E-state index contributed by atoms with van der Waals surface area (Å²) in [5, 5.41) is 53.0. The molecule has 0 aliphatic heterocycles. The molecule has 0 aromatic heterocycles. The lowest BCUT2D eigenvalue weighted by atomic mass is 9.77. The summed E-state index contributed by atoms with van der Waals surface area (Å²) in [4.78, 5) is 52.2. The normalized spacial score (nSPS) is 13.3. The molecule has 0 unspecified atom stereocenters. The number of aliphatic hydroxyl groups is 1. The fourth-order valence-corrected chi connectivity index (χ4v) is 21.3. The van der Waals surface area contributed by atoms with E-state index in [1.165, 1.54) is 11.1 Å². The van der Waals surface area contributed by atoms with Gasteiger partial charge in [0.05, 0.1) is 47.1 Å². The Hall–Kier alpha value is -8.62. The second-order valence-corrected chi connectivity index (χ2v) is 49.0. The van der Waals surface area contributed by atoms with E-state index >= 15 is 0 Å². The van der Waals surface area contributed by atoms with Crippen LogP contribution in [-0.2, 0) is 88.1 Å². The van der Waals surface area contributed by atoms with Gasteiger partial charge in [0.2, 0.25) is 0 Å². The molecule has 0 amide bonds. The maximum absolute atomic E-state index is 12.8. The molecule has 5 N–H and O–H groups in total. The zero-order valence-electron chi connectivity index (χ0n) is 79.4. The van der Waals surface area contributed by atoms with Crippen molar-refractivity contribution in [3.05, 3.63) is 248 Å². The van der Waals surface area contributed by atoms with Crippen LogP contribution >= 0.6 is 47.0 Å². The monoisotopic (exact) mass is 1790 g/mol. The van der Waals surface area contributed by atoms with Gasteiger partial charge in [-0.3, -0.25) is 19.2 Å². The zero-order valence-corrected chi connectivity index (χ0v) is 82.7. The van der Waals surface area contributed by atoms with E-state index in [1.54, 1.807) is 23.5 Å². The molecule has 0 radical (unpaired) electrons. The van der Waals surface area contributed by atoms with E-state index in [9.17, 15) is 39.6 Å². The molecule has 0 saturated carbocycles. The lowest BCUT2D eigenvalue weighted by molar-refractivity contribution is -0.150. The molecular weight excluding hydrogens is 1650 g/mol. The van der Waals surface area contributed by atoms with Crippen LogP contribution in [0, 0.1) is 0 Å². The smallest absolute Gasteiger partial charge is 0.306 e. The third-order valence-electron chi connectivity index (χ3n) is 23.0. The van der Waals surface area contributed by atoms with Crippen molar-refractivity contribution in [2.24, 2.45) is 0 Å². The van der Waals surface area contributed by atoms with Gasteiger partial charge in [-0.05, 0) is 182 Å². The molecule has 18 heteroatoms. The topological polar surface area (TPSA) is 216 Å². The molecule has 0 heterocycles. The van der Waals surface area contributed by atoms with Crippen molar-refractivity contribution in [2.45, 2.75) is 308 Å². The third-order valence-corrected chi connectivity index (χ3v) is 27.9. The van der Waals surface area contributed by atoms with Gasteiger partial charge in [0.15, 0.2) is 6.79 Å². The van der Waals surface area contributed by atoms with Crippen molar-refractivity contribution in [3.63, 3.8) is 0 Å². The van der Waals surface area contributed by atoms with Crippen LogP contribution in [0.15, 0.2) is 196 Å². The molecule has 2 aliphatic carbocycles. The number of aliphatic hydroxyl groups excluding tert-OH is 1. The Bertz CT molecular complexity index is 5140. The van der Waals surface area contributed by atoms with Gasteiger partial charge in [-0.15, -0.1) is 47.0 Å². The molecule has 0 bridgehead atoms. The van der Waals surface area contributed by atoms with E-state index in [0.29, 0.717) is 30.9 Å². The number of benzene rings is 9. The Kier molecular flexibility index (Phi) is 32.9. The molecule has 678 valence electrons. The summed E-state index contributed by atoms with van der Waals surface area (Å²) in [6, 6.07) is 60.0. The molecule has 11 rings (SSSR count). The number of rotatable bonds is 30. The highest BCUT2D eigenvalue weighted by Gasteiger charge is 2.39. The third kappa shape index (κ3) is 26.8. The van der Waals surface area contributed by atoms with Crippen LogP contribution in [0.1, 0.15) is 303 Å². The van der Waals surface area contributed by atoms with E-state index in [4.69, 9.17) is 28.8 Å². The summed E-state index contributed by atoms with van der Waals surface area (Å²) in [5.41, 5.74) is 15.8. The largest absolute Gasteiger partial charge is 0.507 e. The number of carboxylic acid groups (broad SMARTS) is 1. The molecule has 9 aromatic carbocycles. The first-order valence-corrected chi connectivity index (χ1v) is 47.3. The number of hydrogen-bond donors (Lipinski definition) is 5. The number of aromatic hydroxyl groups is 3. The van der Waals surface area contributed by atoms with Crippen molar-refractivity contribution in [3.8, 4) is 45.3 Å². The SMILES string of the molecule is CC(C)(Sc1cc(C(C)(C)C)c(O)c(C(C)(C)C)c1)Sc1cc(C(C)(C)C)c(O)c(C(C)(C)CCOC(=O)CCC(=O)OCC2c3ccccc3-c3ccccc32)c1.CC(C)(Sc1cc(C(C)(C)C)c(O)c(C(C)(C)C)c1)Sc1cc(C(C)(C)C)c(OCOCc2ccccc2)c(C(C)(C)CCO)c1.O=C(O)CCC(=O)OCC1c2ccccc2-c2ccccc21. The van der Waals surface area contributed by atoms with Crippen LogP contribution in [0.5, 0.6) is 23.0 Å². The van der Waals surface area contributed by atoms with Gasteiger partial charge in [-0.2, -0.15) is 0 Å². The maximum atomic E-state index is 12.8. The lowest BCUT2D eigenvalue weighted by Gasteiger charge is -2.33. The number of phenols is 3. The van der Waals surface area contributed by atoms with Gasteiger partial charge >= 0.3 is 23.9 Å². The predicted molar refractivity (Wildman–Crippen MR) is 520 cm³/mol. The van der Waals surface area contributed by atoms with Gasteiger partial charge < -0.3 is 49.2 Å². The van der Waals surface area contributed by atoms with Crippen LogP contribution in [0.3, 0.4) is 0 Å². The summed E-state index contributed by atoms with van der Waals surface area (Å²) in [5.74, 6) is -0.479. The first kappa shape index (κ1) is 101. The average molecular weight is 1790 g/mol. The predicted octanol–water partition coefficient (Wildman–Crippen LogP) is 27.3. The first-order valence-electron chi connectivity index (χ1n) is 44.0. The molecule has 9 aromatic rings. The van der Waals surface area contributed by atoms with Gasteiger partial charge in [0, 0.05) is 82.5 Å². The fraction of sp³-hybridized carbons (Fsp3) is 0.463. The summed E-state index contributed by atoms with van der Waals surface area (Å²) < 4.78 is 28.6. The minimum atomic E-state index is -0.992. The lowest BCUT2D eigenvalue weighted by Crippen LogP contribution is -2.24. The Morgan fingerprint density at radius 1 is 0.341 bits per heavy atom. The van der Waals surface area contributed by atoms with E-state index in [1.807, 2.05) is 115 Å². The van der Waals surface area contributed by atoms with Crippen molar-refractivity contribution in [1.29, 1.82) is 0 Å². The van der Waals surface area contributed by atoms with Gasteiger partial charge in [-0.1, -0.05) is 280 Å². The minimum absolute atomic E-state index is 0.0150. The Morgan fingerprint density at radius 2 is 0.627 bits per heavy atom. The summed E-state index contributed by atoms with van der Waals surface area (Å²) in [6.07, 6.45) is 0.682. The standard InChI is InChI=1S/C50H64O6S2.C40H58O4S2.C18H16O4/c1-46(2,3)38-26-31(27-39(44(38)53)47(4,5)6)57-50(12,13)58-32-28-40(48(7,8)9)45(54)41(29-32)49(10,11)24-25-55-42(51)22-23-43(52)56-30-37-35-20-16-14-18-33(35)34-19-15-17-21-36(34)37;1-36(2,3)30-21-28(22-31(34(30)42)37(4,5)6)45-40(12,13)46-29-23-32(38(7,8)9)35(33(24-29)39(10,11)19-20-41)44-26-43-25-27-17-15-14-16-18-27;19-17(20)9-10-18(21)22-11-16-14-7-3-1-5-12(14)13-6-2-4-8-15(13)16/h14-21,26-29,37,53-54H,22-25,30H2,1-13H3;14-18,21-24,41-42H,19-20,25-26H2,1-13H3;1-8,16H,9-11H2,(H,19,20). The first-order chi connectivity index (χ1) is 58.5. The Balaban J connectivity index is 0.000000233. The number of esters is 3. The van der Waals surface area contributed by atoms with Gasteiger partial charge in [0.25, 0.3) is 0 Å². The molecule has 14 nitrogen and oxygen atoms in total. The Morgan fingerprint density at radius 3 is 0.960 bits per heavy atom. The Labute approximate surface area is 768 Å². The van der Waals surface area contributed by atoms with Crippen LogP contribution in [0.4, 0.5) is 0 Å². The van der Waals surface area contributed by atoms with Crippen molar-refractivity contribution in [2.75, 3.05) is 33.2 Å². The summed E-state index contributed by atoms with van der Waals surface area (Å²) in [7, 11) is 0. The van der Waals surface area contributed by atoms with Gasteiger partial charge in [-0.25, -0.2) is 0 Å². The fourth-order valence-electron chi connectivity index (χ4n) is 16.1. The quantitative estimate of drug-likeness (QED) is 0.00930. The highest BCUT2D eigenvalue weighted by atomic mass is 32.2. The van der Waals surface area contributed by atoms with Gasteiger partial charge in [0.1, 0.15) is 36.2 Å². The molecule has 126 heavy (non-hydrogen) atoms. The molecule has 0 spiro atoms. The molecular formula is C108H138O14S4. The van der Waals surface area contributed by atoms with Crippen LogP contribution in [0.25, 0.3) is 22.3 Å². The van der Waals surface area contributed by atoms with Crippen LogP contribution in [0.2, 0.25) is 0 Å². The number of hydrogen-bond acceptors (Lipinski definition) is 17. The van der Waals surface area contributed by atoms with Crippen LogP contribution < -0.4 is 4.74 Å². The molecule has 0 saturated heterocycles. The van der Waals surface area contributed by atoms with Crippen LogP contribution in [-0.4, -0.2) is 90.8 Å². The number of carbonyl (C=O) groups excluding carboxylic acids is 3. The highest BCUT2D eigenvalue weighted by Crippen LogP contribution is 2.55. The number of fused-ring (bicyclic) bond motifs is 6. The highest BCUT2D eigenvalue weighted by molar-refractivity contribution is 8.18. The number of carboxylic acids is 1. The number of ether oxygens (including phenoxy) is 5.